The SMILES string of the molecule is Fc1ccc2c(COc3ccccc3F)c[nH]c2c1. The summed E-state index contributed by atoms with van der Waals surface area (Å²) in [6.45, 7) is 0.229. The van der Waals surface area contributed by atoms with Crippen molar-refractivity contribution >= 4 is 10.9 Å². The average molecular weight is 259 g/mol. The predicted molar refractivity (Wildman–Crippen MR) is 69.0 cm³/mol. The number of para-hydroxylation sites is 1. The first-order chi connectivity index (χ1) is 9.24. The van der Waals surface area contributed by atoms with Gasteiger partial charge < -0.3 is 9.72 Å². The Balaban J connectivity index is 1.84. The average Bonchev–Trinajstić information content (AvgIpc) is 2.80. The highest BCUT2D eigenvalue weighted by Crippen LogP contribution is 2.22. The molecule has 0 fully saturated rings. The molecule has 0 saturated carbocycles. The fourth-order valence-corrected chi connectivity index (χ4v) is 2.00. The van der Waals surface area contributed by atoms with Gasteiger partial charge in [0.05, 0.1) is 0 Å². The van der Waals surface area contributed by atoms with E-state index in [9.17, 15) is 8.78 Å². The van der Waals surface area contributed by atoms with Crippen LogP contribution in [0.15, 0.2) is 48.7 Å². The maximum Gasteiger partial charge on any atom is 0.165 e. The molecule has 1 N–H and O–H groups in total. The molecule has 0 saturated heterocycles. The first-order valence-electron chi connectivity index (χ1n) is 5.87. The largest absolute Gasteiger partial charge is 0.486 e. The zero-order valence-corrected chi connectivity index (χ0v) is 9.99. The molecule has 0 spiro atoms. The van der Waals surface area contributed by atoms with E-state index in [1.807, 2.05) is 0 Å². The molecule has 0 unspecified atom stereocenters. The van der Waals surface area contributed by atoms with Crippen LogP contribution in [0.25, 0.3) is 10.9 Å². The molecule has 2 nitrogen and oxygen atoms in total. The van der Waals surface area contributed by atoms with Crippen molar-refractivity contribution in [3.05, 3.63) is 65.9 Å². The summed E-state index contributed by atoms with van der Waals surface area (Å²) >= 11 is 0. The van der Waals surface area contributed by atoms with E-state index in [1.165, 1.54) is 18.2 Å². The Labute approximate surface area is 108 Å². The third-order valence-corrected chi connectivity index (χ3v) is 2.95. The summed E-state index contributed by atoms with van der Waals surface area (Å²) in [5, 5.41) is 0.873. The zero-order chi connectivity index (χ0) is 13.2. The van der Waals surface area contributed by atoms with Gasteiger partial charge in [-0.1, -0.05) is 12.1 Å². The number of benzene rings is 2. The molecule has 1 aromatic heterocycles. The normalized spacial score (nSPS) is 10.8. The van der Waals surface area contributed by atoms with Gasteiger partial charge in [-0.25, -0.2) is 8.78 Å². The van der Waals surface area contributed by atoms with Crippen molar-refractivity contribution in [3.63, 3.8) is 0 Å². The molecule has 19 heavy (non-hydrogen) atoms. The second-order valence-corrected chi connectivity index (χ2v) is 4.22. The third-order valence-electron chi connectivity index (χ3n) is 2.95. The van der Waals surface area contributed by atoms with Gasteiger partial charge in [-0.05, 0) is 30.3 Å². The molecular weight excluding hydrogens is 248 g/mol. The molecule has 0 aliphatic carbocycles. The summed E-state index contributed by atoms with van der Waals surface area (Å²) in [5.74, 6) is -0.483. The lowest BCUT2D eigenvalue weighted by atomic mass is 10.2. The monoisotopic (exact) mass is 259 g/mol. The second kappa shape index (κ2) is 4.72. The van der Waals surface area contributed by atoms with Crippen LogP contribution in [-0.2, 0) is 6.61 Å². The second-order valence-electron chi connectivity index (χ2n) is 4.22. The molecule has 96 valence electrons. The van der Waals surface area contributed by atoms with E-state index in [2.05, 4.69) is 4.98 Å². The number of rotatable bonds is 3. The number of fused-ring (bicyclic) bond motifs is 1. The summed E-state index contributed by atoms with van der Waals surface area (Å²) in [4.78, 5) is 2.97. The lowest BCUT2D eigenvalue weighted by Crippen LogP contribution is -1.96. The van der Waals surface area contributed by atoms with Gasteiger partial charge in [0.1, 0.15) is 12.4 Å². The fourth-order valence-electron chi connectivity index (χ4n) is 2.00. The number of hydrogen-bond donors (Lipinski definition) is 1. The molecule has 0 amide bonds. The fraction of sp³-hybridized carbons (Fsp3) is 0.0667. The van der Waals surface area contributed by atoms with Crippen molar-refractivity contribution in [2.45, 2.75) is 6.61 Å². The van der Waals surface area contributed by atoms with Gasteiger partial charge in [0.2, 0.25) is 0 Å². The highest BCUT2D eigenvalue weighted by Gasteiger charge is 2.07. The minimum atomic E-state index is -0.395. The number of aromatic nitrogens is 1. The Morgan fingerprint density at radius 1 is 1.05 bits per heavy atom. The molecule has 0 bridgehead atoms. The van der Waals surface area contributed by atoms with Gasteiger partial charge in [-0.15, -0.1) is 0 Å². The van der Waals surface area contributed by atoms with Crippen LogP contribution in [0.4, 0.5) is 8.78 Å². The first-order valence-corrected chi connectivity index (χ1v) is 5.87. The van der Waals surface area contributed by atoms with Crippen molar-refractivity contribution in [2.75, 3.05) is 0 Å². The molecule has 4 heteroatoms. The van der Waals surface area contributed by atoms with Crippen LogP contribution < -0.4 is 4.74 Å². The summed E-state index contributed by atoms with van der Waals surface area (Å²) in [5.41, 5.74) is 1.56. The Morgan fingerprint density at radius 3 is 2.74 bits per heavy atom. The Kier molecular flexibility index (Phi) is 2.91. The molecule has 2 aromatic carbocycles. The number of aromatic amines is 1. The van der Waals surface area contributed by atoms with Gasteiger partial charge in [0, 0.05) is 22.7 Å². The van der Waals surface area contributed by atoms with Crippen LogP contribution in [-0.4, -0.2) is 4.98 Å². The standard InChI is InChI=1S/C15H11F2NO/c16-11-5-6-12-10(8-18-14(12)7-11)9-19-15-4-2-1-3-13(15)17/h1-8,18H,9H2. The lowest BCUT2D eigenvalue weighted by molar-refractivity contribution is 0.291. The minimum absolute atomic E-state index is 0.207. The van der Waals surface area contributed by atoms with Crippen LogP contribution in [0.3, 0.4) is 0 Å². The topological polar surface area (TPSA) is 25.0 Å². The van der Waals surface area contributed by atoms with E-state index < -0.39 is 5.82 Å². The smallest absolute Gasteiger partial charge is 0.165 e. The molecule has 0 atom stereocenters. The molecule has 3 aromatic rings. The number of nitrogens with one attached hydrogen (secondary N) is 1. The summed E-state index contributed by atoms with van der Waals surface area (Å²) in [6.07, 6.45) is 1.74. The summed E-state index contributed by atoms with van der Waals surface area (Å²) in [6, 6.07) is 10.7. The van der Waals surface area contributed by atoms with Gasteiger partial charge in [-0.2, -0.15) is 0 Å². The van der Waals surface area contributed by atoms with Crippen molar-refractivity contribution in [2.24, 2.45) is 0 Å². The Morgan fingerprint density at radius 2 is 1.89 bits per heavy atom. The van der Waals surface area contributed by atoms with E-state index in [4.69, 9.17) is 4.74 Å². The van der Waals surface area contributed by atoms with Crippen molar-refractivity contribution in [3.8, 4) is 5.75 Å². The van der Waals surface area contributed by atoms with Crippen molar-refractivity contribution in [1.29, 1.82) is 0 Å². The van der Waals surface area contributed by atoms with E-state index in [0.29, 0.717) is 5.52 Å². The first kappa shape index (κ1) is 11.7. The molecular formula is C15H11F2NO. The van der Waals surface area contributed by atoms with E-state index in [-0.39, 0.29) is 18.2 Å². The highest BCUT2D eigenvalue weighted by atomic mass is 19.1. The predicted octanol–water partition coefficient (Wildman–Crippen LogP) is 4.03. The maximum absolute atomic E-state index is 13.4. The van der Waals surface area contributed by atoms with Gasteiger partial charge in [0.15, 0.2) is 11.6 Å². The maximum atomic E-state index is 13.4. The van der Waals surface area contributed by atoms with Crippen LogP contribution in [0.5, 0.6) is 5.75 Å². The van der Waals surface area contributed by atoms with E-state index in [1.54, 1.807) is 30.5 Å². The molecule has 0 aliphatic heterocycles. The van der Waals surface area contributed by atoms with Crippen LogP contribution in [0, 0.1) is 11.6 Å². The van der Waals surface area contributed by atoms with E-state index in [0.717, 1.165) is 10.9 Å². The van der Waals surface area contributed by atoms with Crippen LogP contribution in [0.1, 0.15) is 5.56 Å². The number of ether oxygens (including phenoxy) is 1. The Bertz CT molecular complexity index is 721. The van der Waals surface area contributed by atoms with E-state index >= 15 is 0 Å². The summed E-state index contributed by atoms with van der Waals surface area (Å²) in [7, 11) is 0. The number of halogens is 2. The Hall–Kier alpha value is -2.36. The number of hydrogen-bond acceptors (Lipinski definition) is 1. The quantitative estimate of drug-likeness (QED) is 0.754. The highest BCUT2D eigenvalue weighted by molar-refractivity contribution is 5.83. The number of H-pyrrole nitrogens is 1. The van der Waals surface area contributed by atoms with Crippen LogP contribution >= 0.6 is 0 Å². The lowest BCUT2D eigenvalue weighted by Gasteiger charge is -2.06. The molecule has 0 aliphatic rings. The van der Waals surface area contributed by atoms with Gasteiger partial charge in [-0.3, -0.25) is 0 Å². The summed E-state index contributed by atoms with van der Waals surface area (Å²) < 4.78 is 31.9. The molecule has 1 heterocycles. The van der Waals surface area contributed by atoms with Gasteiger partial charge in [0.25, 0.3) is 0 Å². The van der Waals surface area contributed by atoms with Crippen LogP contribution in [0.2, 0.25) is 0 Å². The van der Waals surface area contributed by atoms with Crippen molar-refractivity contribution in [1.82, 2.24) is 4.98 Å². The zero-order valence-electron chi connectivity index (χ0n) is 9.99. The molecule has 0 radical (unpaired) electrons. The van der Waals surface area contributed by atoms with Crippen molar-refractivity contribution < 1.29 is 13.5 Å². The van der Waals surface area contributed by atoms with Gasteiger partial charge >= 0.3 is 0 Å². The third kappa shape index (κ3) is 2.29. The minimum Gasteiger partial charge on any atom is -0.486 e. The molecule has 3 rings (SSSR count).